The van der Waals surface area contributed by atoms with Crippen LogP contribution in [0.25, 0.3) is 0 Å². The first-order chi connectivity index (χ1) is 8.59. The van der Waals surface area contributed by atoms with Crippen molar-refractivity contribution in [1.82, 2.24) is 0 Å². The average molecular weight is 250 g/mol. The van der Waals surface area contributed by atoms with Gasteiger partial charge in [-0.05, 0) is 37.8 Å². The number of benzene rings is 1. The van der Waals surface area contributed by atoms with Gasteiger partial charge < -0.3 is 10.2 Å². The smallest absolute Gasteiger partial charge is 0.303 e. The van der Waals surface area contributed by atoms with Gasteiger partial charge in [-0.15, -0.1) is 0 Å². The van der Waals surface area contributed by atoms with E-state index in [1.807, 2.05) is 19.1 Å². The van der Waals surface area contributed by atoms with Crippen LogP contribution in [0.3, 0.4) is 0 Å². The normalized spacial score (nSPS) is 10.5. The Kier molecular flexibility index (Phi) is 6.26. The Bertz CT molecular complexity index is 385. The van der Waals surface area contributed by atoms with E-state index >= 15 is 0 Å². The Hall–Kier alpha value is -1.51. The molecule has 0 aliphatic carbocycles. The third-order valence-electron chi connectivity index (χ3n) is 3.07. The molecule has 0 amide bonds. The SMILES string of the molecule is Cc1ccc(O)c(CCCCCCCC(=O)O)c1. The number of hydrogen-bond acceptors (Lipinski definition) is 2. The maximum atomic E-state index is 10.3. The fraction of sp³-hybridized carbons (Fsp3) is 0.533. The van der Waals surface area contributed by atoms with E-state index in [1.165, 1.54) is 5.56 Å². The number of hydrogen-bond donors (Lipinski definition) is 2. The van der Waals surface area contributed by atoms with Gasteiger partial charge in [-0.1, -0.05) is 37.0 Å². The Morgan fingerprint density at radius 1 is 1.11 bits per heavy atom. The largest absolute Gasteiger partial charge is 0.508 e. The molecule has 100 valence electrons. The van der Waals surface area contributed by atoms with Gasteiger partial charge in [0.05, 0.1) is 0 Å². The molecule has 0 aromatic heterocycles. The molecule has 1 aromatic carbocycles. The number of phenols is 1. The van der Waals surface area contributed by atoms with Crippen molar-refractivity contribution in [2.75, 3.05) is 0 Å². The van der Waals surface area contributed by atoms with E-state index in [1.54, 1.807) is 6.07 Å². The molecule has 1 aromatic rings. The molecule has 3 nitrogen and oxygen atoms in total. The van der Waals surface area contributed by atoms with Crippen molar-refractivity contribution in [1.29, 1.82) is 0 Å². The Balaban J connectivity index is 2.14. The van der Waals surface area contributed by atoms with Gasteiger partial charge in [0.15, 0.2) is 0 Å². The van der Waals surface area contributed by atoms with Crippen LogP contribution in [0.1, 0.15) is 49.7 Å². The van der Waals surface area contributed by atoms with E-state index in [-0.39, 0.29) is 6.42 Å². The maximum absolute atomic E-state index is 10.3. The zero-order chi connectivity index (χ0) is 13.4. The molecule has 0 bridgehead atoms. The lowest BCUT2D eigenvalue weighted by Crippen LogP contribution is -1.93. The maximum Gasteiger partial charge on any atom is 0.303 e. The number of rotatable bonds is 8. The molecule has 0 spiro atoms. The molecule has 0 aliphatic rings. The molecule has 0 radical (unpaired) electrons. The van der Waals surface area contributed by atoms with Crippen molar-refractivity contribution < 1.29 is 15.0 Å². The van der Waals surface area contributed by atoms with Crippen molar-refractivity contribution in [3.8, 4) is 5.75 Å². The van der Waals surface area contributed by atoms with Gasteiger partial charge in [0.1, 0.15) is 5.75 Å². The minimum atomic E-state index is -0.709. The van der Waals surface area contributed by atoms with Gasteiger partial charge in [-0.3, -0.25) is 4.79 Å². The Labute approximate surface area is 108 Å². The number of aryl methyl sites for hydroxylation is 2. The Morgan fingerprint density at radius 3 is 2.50 bits per heavy atom. The van der Waals surface area contributed by atoms with Crippen LogP contribution in [0.2, 0.25) is 0 Å². The van der Waals surface area contributed by atoms with E-state index in [9.17, 15) is 9.90 Å². The van der Waals surface area contributed by atoms with Gasteiger partial charge in [0, 0.05) is 6.42 Å². The molecule has 2 N–H and O–H groups in total. The highest BCUT2D eigenvalue weighted by Crippen LogP contribution is 2.20. The number of aliphatic carboxylic acids is 1. The second-order valence-corrected chi connectivity index (χ2v) is 4.79. The molecular weight excluding hydrogens is 228 g/mol. The highest BCUT2D eigenvalue weighted by molar-refractivity contribution is 5.66. The molecule has 0 atom stereocenters. The minimum Gasteiger partial charge on any atom is -0.508 e. The molecule has 0 unspecified atom stereocenters. The Morgan fingerprint density at radius 2 is 1.78 bits per heavy atom. The summed E-state index contributed by atoms with van der Waals surface area (Å²) in [6.07, 6.45) is 6.12. The summed E-state index contributed by atoms with van der Waals surface area (Å²) in [6.45, 7) is 2.02. The number of phenolic OH excluding ortho intramolecular Hbond substituents is 1. The van der Waals surface area contributed by atoms with Gasteiger partial charge in [0.25, 0.3) is 0 Å². The first-order valence-corrected chi connectivity index (χ1v) is 6.60. The van der Waals surface area contributed by atoms with Crippen LogP contribution in [-0.2, 0) is 11.2 Å². The van der Waals surface area contributed by atoms with E-state index in [2.05, 4.69) is 0 Å². The molecule has 0 saturated heterocycles. The summed E-state index contributed by atoms with van der Waals surface area (Å²) in [5.74, 6) is -0.328. The highest BCUT2D eigenvalue weighted by atomic mass is 16.4. The number of carboxylic acids is 1. The van der Waals surface area contributed by atoms with Crippen LogP contribution in [0, 0.1) is 6.92 Å². The lowest BCUT2D eigenvalue weighted by molar-refractivity contribution is -0.137. The lowest BCUT2D eigenvalue weighted by atomic mass is 10.0. The summed E-state index contributed by atoms with van der Waals surface area (Å²) in [7, 11) is 0. The number of aromatic hydroxyl groups is 1. The summed E-state index contributed by atoms with van der Waals surface area (Å²) in [4.78, 5) is 10.3. The van der Waals surface area contributed by atoms with Crippen molar-refractivity contribution in [3.63, 3.8) is 0 Å². The fourth-order valence-electron chi connectivity index (χ4n) is 2.04. The van der Waals surface area contributed by atoms with Crippen LogP contribution < -0.4 is 0 Å². The van der Waals surface area contributed by atoms with Crippen LogP contribution in [0.5, 0.6) is 5.75 Å². The molecule has 18 heavy (non-hydrogen) atoms. The fourth-order valence-corrected chi connectivity index (χ4v) is 2.04. The minimum absolute atomic E-state index is 0.276. The average Bonchev–Trinajstić information content (AvgIpc) is 2.32. The topological polar surface area (TPSA) is 57.5 Å². The van der Waals surface area contributed by atoms with Crippen molar-refractivity contribution >= 4 is 5.97 Å². The van der Waals surface area contributed by atoms with E-state index < -0.39 is 5.97 Å². The number of carboxylic acid groups (broad SMARTS) is 1. The molecule has 0 aliphatic heterocycles. The third kappa shape index (κ3) is 5.71. The molecule has 0 heterocycles. The predicted molar refractivity (Wildman–Crippen MR) is 71.9 cm³/mol. The van der Waals surface area contributed by atoms with E-state index in [4.69, 9.17) is 5.11 Å². The monoisotopic (exact) mass is 250 g/mol. The van der Waals surface area contributed by atoms with E-state index in [0.717, 1.165) is 44.1 Å². The second-order valence-electron chi connectivity index (χ2n) is 4.79. The molecule has 0 fully saturated rings. The van der Waals surface area contributed by atoms with Gasteiger partial charge in [-0.2, -0.15) is 0 Å². The molecule has 1 rings (SSSR count). The zero-order valence-corrected chi connectivity index (χ0v) is 11.0. The predicted octanol–water partition coefficient (Wildman–Crippen LogP) is 3.67. The third-order valence-corrected chi connectivity index (χ3v) is 3.07. The highest BCUT2D eigenvalue weighted by Gasteiger charge is 2.01. The number of carbonyl (C=O) groups is 1. The van der Waals surface area contributed by atoms with Crippen molar-refractivity contribution in [3.05, 3.63) is 29.3 Å². The number of unbranched alkanes of at least 4 members (excludes halogenated alkanes) is 4. The summed E-state index contributed by atoms with van der Waals surface area (Å²) in [6, 6.07) is 5.68. The van der Waals surface area contributed by atoms with Crippen molar-refractivity contribution in [2.45, 2.75) is 51.9 Å². The van der Waals surface area contributed by atoms with Gasteiger partial charge in [-0.25, -0.2) is 0 Å². The van der Waals surface area contributed by atoms with Crippen LogP contribution in [-0.4, -0.2) is 16.2 Å². The summed E-state index contributed by atoms with van der Waals surface area (Å²) >= 11 is 0. The van der Waals surface area contributed by atoms with E-state index in [0.29, 0.717) is 5.75 Å². The van der Waals surface area contributed by atoms with Crippen LogP contribution in [0.15, 0.2) is 18.2 Å². The van der Waals surface area contributed by atoms with Crippen LogP contribution in [0.4, 0.5) is 0 Å². The molecular formula is C15H22O3. The first-order valence-electron chi connectivity index (χ1n) is 6.60. The molecule has 0 saturated carbocycles. The first kappa shape index (κ1) is 14.6. The summed E-state index contributed by atoms with van der Waals surface area (Å²) in [5, 5.41) is 18.2. The standard InChI is InChI=1S/C15H22O3/c1-12-9-10-14(16)13(11-12)7-5-3-2-4-6-8-15(17)18/h9-11,16H,2-8H2,1H3,(H,17,18). The second kappa shape index (κ2) is 7.75. The van der Waals surface area contributed by atoms with Gasteiger partial charge in [0.2, 0.25) is 0 Å². The lowest BCUT2D eigenvalue weighted by Gasteiger charge is -2.05. The van der Waals surface area contributed by atoms with Crippen molar-refractivity contribution in [2.24, 2.45) is 0 Å². The summed E-state index contributed by atoms with van der Waals surface area (Å²) in [5.41, 5.74) is 2.18. The van der Waals surface area contributed by atoms with Gasteiger partial charge >= 0.3 is 5.97 Å². The summed E-state index contributed by atoms with van der Waals surface area (Å²) < 4.78 is 0. The molecule has 3 heteroatoms. The quantitative estimate of drug-likeness (QED) is 0.692. The van der Waals surface area contributed by atoms with Crippen LogP contribution >= 0.6 is 0 Å². The zero-order valence-electron chi connectivity index (χ0n) is 11.0.